The van der Waals surface area contributed by atoms with Crippen LogP contribution in [0.15, 0.2) is 12.1 Å². The molecule has 2 heterocycles. The average molecular weight is 279 g/mol. The van der Waals surface area contributed by atoms with E-state index in [-0.39, 0.29) is 0 Å². The highest BCUT2D eigenvalue weighted by molar-refractivity contribution is 5.60. The van der Waals surface area contributed by atoms with Gasteiger partial charge in [0.2, 0.25) is 0 Å². The molecule has 0 atom stereocenters. The molecule has 0 unspecified atom stereocenters. The van der Waals surface area contributed by atoms with E-state index in [1.165, 1.54) is 0 Å². The van der Waals surface area contributed by atoms with Crippen LogP contribution in [-0.2, 0) is 22.4 Å². The van der Waals surface area contributed by atoms with E-state index in [2.05, 4.69) is 4.98 Å². The number of hydrogen-bond donors (Lipinski definition) is 1. The third-order valence-electron chi connectivity index (χ3n) is 2.91. The number of nitrogen functional groups attached to an aromatic ring is 1. The second-order valence-electron chi connectivity index (χ2n) is 5.83. The molecule has 0 fully saturated rings. The van der Waals surface area contributed by atoms with Gasteiger partial charge in [0.25, 0.3) is 0 Å². The van der Waals surface area contributed by atoms with Crippen molar-refractivity contribution in [3.05, 3.63) is 23.4 Å². The topological polar surface area (TPSA) is 77.7 Å². The fourth-order valence-electron chi connectivity index (χ4n) is 2.04. The molecule has 1 aliphatic heterocycles. The zero-order chi connectivity index (χ0) is 14.8. The van der Waals surface area contributed by atoms with Gasteiger partial charge in [-0.15, -0.1) is 5.06 Å². The van der Waals surface area contributed by atoms with E-state index in [1.54, 1.807) is 31.9 Å². The third-order valence-corrected chi connectivity index (χ3v) is 2.91. The zero-order valence-electron chi connectivity index (χ0n) is 12.2. The molecule has 2 N–H and O–H groups in total. The van der Waals surface area contributed by atoms with Crippen molar-refractivity contribution in [3.8, 4) is 0 Å². The van der Waals surface area contributed by atoms with E-state index in [4.69, 9.17) is 15.3 Å². The van der Waals surface area contributed by atoms with Gasteiger partial charge in [-0.25, -0.2) is 9.78 Å². The molecule has 110 valence electrons. The molecule has 0 saturated heterocycles. The lowest BCUT2D eigenvalue weighted by atomic mass is 10.1. The number of rotatable bonds is 1. The maximum Gasteiger partial charge on any atom is 0.528 e. The predicted octanol–water partition coefficient (Wildman–Crippen LogP) is 1.93. The fourth-order valence-corrected chi connectivity index (χ4v) is 2.04. The Bertz CT molecular complexity index is 497. The number of nitrogens with two attached hydrogens (primary N) is 1. The largest absolute Gasteiger partial charge is 0.528 e. The lowest BCUT2D eigenvalue weighted by molar-refractivity contribution is -0.140. The van der Waals surface area contributed by atoms with Crippen molar-refractivity contribution in [2.24, 2.45) is 0 Å². The number of anilines is 1. The predicted molar refractivity (Wildman–Crippen MR) is 74.9 cm³/mol. The van der Waals surface area contributed by atoms with E-state index < -0.39 is 11.8 Å². The van der Waals surface area contributed by atoms with Gasteiger partial charge in [0, 0.05) is 25.2 Å². The van der Waals surface area contributed by atoms with Crippen LogP contribution < -0.4 is 5.73 Å². The zero-order valence-corrected chi connectivity index (χ0v) is 12.2. The van der Waals surface area contributed by atoms with Crippen LogP contribution in [0.4, 0.5) is 10.6 Å². The van der Waals surface area contributed by atoms with Gasteiger partial charge in [-0.1, -0.05) is 6.07 Å². The molecule has 0 radical (unpaired) electrons. The highest BCUT2D eigenvalue weighted by Crippen LogP contribution is 2.16. The molecule has 0 amide bonds. The normalized spacial score (nSPS) is 16.1. The number of fused-ring (bicyclic) bond motifs is 1. The first-order valence-electron chi connectivity index (χ1n) is 6.74. The lowest BCUT2D eigenvalue weighted by Crippen LogP contribution is -2.33. The molecular weight excluding hydrogens is 258 g/mol. The first-order chi connectivity index (χ1) is 9.33. The van der Waals surface area contributed by atoms with Crippen LogP contribution in [0.1, 0.15) is 32.0 Å². The summed E-state index contributed by atoms with van der Waals surface area (Å²) in [6, 6.07) is 3.78. The quantitative estimate of drug-likeness (QED) is 0.791. The molecule has 2 rings (SSSR count). The number of hydroxylamine groups is 2. The molecule has 6 nitrogen and oxygen atoms in total. The van der Waals surface area contributed by atoms with E-state index >= 15 is 0 Å². The lowest BCUT2D eigenvalue weighted by Gasteiger charge is -2.23. The minimum absolute atomic E-state index is 0.519. The Hall–Kier alpha value is -1.82. The Balaban J connectivity index is 1.94. The van der Waals surface area contributed by atoms with E-state index in [0.717, 1.165) is 17.7 Å². The van der Waals surface area contributed by atoms with Crippen molar-refractivity contribution in [2.45, 2.75) is 39.2 Å². The molecule has 6 heteroatoms. The first-order valence-corrected chi connectivity index (χ1v) is 6.74. The van der Waals surface area contributed by atoms with Crippen LogP contribution in [0.2, 0.25) is 0 Å². The number of hydrogen-bond acceptors (Lipinski definition) is 6. The summed E-state index contributed by atoms with van der Waals surface area (Å²) >= 11 is 0. The van der Waals surface area contributed by atoms with Crippen LogP contribution in [0.5, 0.6) is 0 Å². The summed E-state index contributed by atoms with van der Waals surface area (Å²) in [4.78, 5) is 21.2. The van der Waals surface area contributed by atoms with Gasteiger partial charge in [-0.05, 0) is 38.8 Å². The molecule has 1 aromatic heterocycles. The minimum atomic E-state index is -0.670. The maximum absolute atomic E-state index is 11.6. The van der Waals surface area contributed by atoms with E-state index in [1.807, 2.05) is 6.07 Å². The molecule has 1 aromatic rings. The Morgan fingerprint density at radius 3 is 2.70 bits per heavy atom. The van der Waals surface area contributed by atoms with Crippen molar-refractivity contribution >= 4 is 12.0 Å². The van der Waals surface area contributed by atoms with Crippen LogP contribution in [0.3, 0.4) is 0 Å². The summed E-state index contributed by atoms with van der Waals surface area (Å²) in [5.41, 5.74) is 7.25. The second kappa shape index (κ2) is 5.66. The Kier molecular flexibility index (Phi) is 4.13. The highest BCUT2D eigenvalue weighted by Gasteiger charge is 2.22. The minimum Gasteiger partial charge on any atom is -0.427 e. The van der Waals surface area contributed by atoms with Gasteiger partial charge in [0.1, 0.15) is 11.4 Å². The molecule has 0 saturated carbocycles. The average Bonchev–Trinajstić information content (AvgIpc) is 2.49. The number of carbonyl (C=O) groups excluding carboxylic acids is 1. The summed E-state index contributed by atoms with van der Waals surface area (Å²) in [7, 11) is 0. The van der Waals surface area contributed by atoms with Gasteiger partial charge in [0.05, 0.1) is 0 Å². The standard InChI is InChI=1S/C14H21N3O3/c1-14(2,3)19-13(18)20-17-8-6-10-4-5-12(15)16-11(10)7-9-17/h4-5H,6-9H2,1-3H3,(H2,15,16). The van der Waals surface area contributed by atoms with Gasteiger partial charge >= 0.3 is 6.16 Å². The Labute approximate surface area is 118 Å². The summed E-state index contributed by atoms with van der Waals surface area (Å²) in [6.45, 7) is 6.62. The van der Waals surface area contributed by atoms with Crippen LogP contribution in [-0.4, -0.2) is 34.9 Å². The summed E-state index contributed by atoms with van der Waals surface area (Å²) < 4.78 is 5.14. The summed E-state index contributed by atoms with van der Waals surface area (Å²) in [5.74, 6) is 0.519. The second-order valence-corrected chi connectivity index (χ2v) is 5.83. The van der Waals surface area contributed by atoms with Crippen molar-refractivity contribution in [2.75, 3.05) is 18.8 Å². The van der Waals surface area contributed by atoms with Gasteiger partial charge < -0.3 is 15.3 Å². The van der Waals surface area contributed by atoms with Crippen molar-refractivity contribution in [1.82, 2.24) is 10.0 Å². The van der Waals surface area contributed by atoms with Crippen molar-refractivity contribution < 1.29 is 14.4 Å². The van der Waals surface area contributed by atoms with Crippen molar-refractivity contribution in [1.29, 1.82) is 0 Å². The third kappa shape index (κ3) is 4.09. The van der Waals surface area contributed by atoms with Crippen LogP contribution >= 0.6 is 0 Å². The van der Waals surface area contributed by atoms with Gasteiger partial charge in [-0.2, -0.15) is 0 Å². The molecule has 20 heavy (non-hydrogen) atoms. The molecule has 1 aliphatic rings. The maximum atomic E-state index is 11.6. The van der Waals surface area contributed by atoms with E-state index in [0.29, 0.717) is 25.3 Å². The number of aromatic nitrogens is 1. The number of carbonyl (C=O) groups is 1. The smallest absolute Gasteiger partial charge is 0.427 e. The molecule has 0 bridgehead atoms. The van der Waals surface area contributed by atoms with Crippen molar-refractivity contribution in [3.63, 3.8) is 0 Å². The Morgan fingerprint density at radius 1 is 1.30 bits per heavy atom. The molecular formula is C14H21N3O3. The number of pyridine rings is 1. The summed E-state index contributed by atoms with van der Waals surface area (Å²) in [5, 5.41) is 1.62. The number of ether oxygens (including phenoxy) is 1. The monoisotopic (exact) mass is 279 g/mol. The van der Waals surface area contributed by atoms with E-state index in [9.17, 15) is 4.79 Å². The number of nitrogens with zero attached hydrogens (tertiary/aromatic N) is 2. The summed E-state index contributed by atoms with van der Waals surface area (Å²) in [6.07, 6.45) is 0.796. The fraction of sp³-hybridized carbons (Fsp3) is 0.571. The van der Waals surface area contributed by atoms with Gasteiger partial charge in [-0.3, -0.25) is 0 Å². The van der Waals surface area contributed by atoms with Crippen LogP contribution in [0.25, 0.3) is 0 Å². The molecule has 0 aromatic carbocycles. The Morgan fingerprint density at radius 2 is 2.00 bits per heavy atom. The highest BCUT2D eigenvalue weighted by atomic mass is 16.8. The molecule has 0 spiro atoms. The van der Waals surface area contributed by atoms with Gasteiger partial charge in [0.15, 0.2) is 0 Å². The molecule has 0 aliphatic carbocycles. The van der Waals surface area contributed by atoms with Crippen LogP contribution in [0, 0.1) is 0 Å². The SMILES string of the molecule is CC(C)(C)OC(=O)ON1CCc2ccc(N)nc2CC1. The first kappa shape index (κ1) is 14.6.